The van der Waals surface area contributed by atoms with Crippen LogP contribution in [-0.4, -0.2) is 18.2 Å². The number of nitrogens with zero attached hydrogens (tertiary/aromatic N) is 1. The molecule has 2 rings (SSSR count). The number of carbonyl (C=O) groups excluding carboxylic acids is 1. The van der Waals surface area contributed by atoms with Gasteiger partial charge in [-0.15, -0.1) is 0 Å². The van der Waals surface area contributed by atoms with E-state index < -0.39 is 0 Å². The minimum atomic E-state index is -0.137. The number of hydrogen-bond donors (Lipinski definition) is 1. The van der Waals surface area contributed by atoms with Crippen molar-refractivity contribution >= 4 is 12.1 Å². The molecule has 0 aliphatic carbocycles. The Bertz CT molecular complexity index is 619. The fourth-order valence-corrected chi connectivity index (χ4v) is 1.90. The molecular weight excluding hydrogens is 276 g/mol. The summed E-state index contributed by atoms with van der Waals surface area (Å²) in [6, 6.07) is 17.1. The summed E-state index contributed by atoms with van der Waals surface area (Å²) in [6.07, 6.45) is 2.08. The summed E-state index contributed by atoms with van der Waals surface area (Å²) in [4.78, 5) is 11.7. The molecule has 0 aromatic heterocycles. The molecule has 0 atom stereocenters. The summed E-state index contributed by atoms with van der Waals surface area (Å²) in [5.74, 6) is 0.683. The van der Waals surface area contributed by atoms with Crippen LogP contribution in [0.1, 0.15) is 25.0 Å². The quantitative estimate of drug-likeness (QED) is 0.657. The van der Waals surface area contributed by atoms with Gasteiger partial charge in [-0.3, -0.25) is 4.79 Å². The molecule has 0 saturated carbocycles. The maximum absolute atomic E-state index is 11.7. The Labute approximate surface area is 130 Å². The van der Waals surface area contributed by atoms with Gasteiger partial charge in [0.15, 0.2) is 0 Å². The van der Waals surface area contributed by atoms with Crippen LogP contribution in [0.4, 0.5) is 0 Å². The van der Waals surface area contributed by atoms with E-state index in [0.29, 0.717) is 6.42 Å². The van der Waals surface area contributed by atoms with Gasteiger partial charge in [-0.2, -0.15) is 5.10 Å². The van der Waals surface area contributed by atoms with Crippen molar-refractivity contribution in [2.45, 2.75) is 26.4 Å². The third kappa shape index (κ3) is 5.40. The summed E-state index contributed by atoms with van der Waals surface area (Å²) >= 11 is 0. The van der Waals surface area contributed by atoms with Crippen LogP contribution in [0.3, 0.4) is 0 Å². The molecule has 4 nitrogen and oxygen atoms in total. The summed E-state index contributed by atoms with van der Waals surface area (Å²) in [5.41, 5.74) is 4.39. The van der Waals surface area contributed by atoms with Gasteiger partial charge in [-0.1, -0.05) is 30.3 Å². The highest BCUT2D eigenvalue weighted by Crippen LogP contribution is 2.12. The first-order valence-electron chi connectivity index (χ1n) is 7.26. The predicted octanol–water partition coefficient (Wildman–Crippen LogP) is 3.17. The van der Waals surface area contributed by atoms with Crippen molar-refractivity contribution in [3.8, 4) is 5.75 Å². The van der Waals surface area contributed by atoms with Crippen LogP contribution in [-0.2, 0) is 11.2 Å². The largest absolute Gasteiger partial charge is 0.491 e. The molecule has 2 aromatic carbocycles. The van der Waals surface area contributed by atoms with E-state index in [1.165, 1.54) is 0 Å². The van der Waals surface area contributed by atoms with Crippen LogP contribution < -0.4 is 10.2 Å². The number of amides is 1. The van der Waals surface area contributed by atoms with Gasteiger partial charge in [-0.25, -0.2) is 5.43 Å². The second-order valence-corrected chi connectivity index (χ2v) is 5.19. The molecule has 0 aliphatic rings. The normalized spacial score (nSPS) is 10.9. The van der Waals surface area contributed by atoms with E-state index >= 15 is 0 Å². The van der Waals surface area contributed by atoms with Crippen LogP contribution in [0.5, 0.6) is 5.75 Å². The fourth-order valence-electron chi connectivity index (χ4n) is 1.90. The van der Waals surface area contributed by atoms with Crippen LogP contribution in [0.15, 0.2) is 59.7 Å². The molecule has 114 valence electrons. The zero-order valence-corrected chi connectivity index (χ0v) is 12.8. The highest BCUT2D eigenvalue weighted by Gasteiger charge is 2.01. The maximum atomic E-state index is 11.7. The SMILES string of the molecule is CC(C)Oc1ccc(/C=N/NC(=O)Cc2ccccc2)cc1. The predicted molar refractivity (Wildman–Crippen MR) is 88.1 cm³/mol. The Balaban J connectivity index is 1.83. The lowest BCUT2D eigenvalue weighted by Crippen LogP contribution is -2.19. The summed E-state index contributed by atoms with van der Waals surface area (Å²) in [6.45, 7) is 3.97. The Morgan fingerprint density at radius 3 is 2.45 bits per heavy atom. The van der Waals surface area contributed by atoms with E-state index in [-0.39, 0.29) is 12.0 Å². The monoisotopic (exact) mass is 296 g/mol. The molecule has 2 aromatic rings. The Morgan fingerprint density at radius 1 is 1.14 bits per heavy atom. The topological polar surface area (TPSA) is 50.7 Å². The van der Waals surface area contributed by atoms with Crippen molar-refractivity contribution in [3.63, 3.8) is 0 Å². The first-order valence-corrected chi connectivity index (χ1v) is 7.26. The van der Waals surface area contributed by atoms with E-state index in [1.54, 1.807) is 6.21 Å². The molecule has 0 spiro atoms. The third-order valence-electron chi connectivity index (χ3n) is 2.86. The molecule has 22 heavy (non-hydrogen) atoms. The van der Waals surface area contributed by atoms with Crippen molar-refractivity contribution in [1.82, 2.24) is 5.43 Å². The number of carbonyl (C=O) groups is 1. The van der Waals surface area contributed by atoms with E-state index in [4.69, 9.17) is 4.74 Å². The summed E-state index contributed by atoms with van der Waals surface area (Å²) < 4.78 is 5.56. The number of benzene rings is 2. The minimum absolute atomic E-state index is 0.137. The Morgan fingerprint density at radius 2 is 1.82 bits per heavy atom. The molecule has 1 amide bonds. The second-order valence-electron chi connectivity index (χ2n) is 5.19. The van der Waals surface area contributed by atoms with Gasteiger partial charge in [0.1, 0.15) is 5.75 Å². The lowest BCUT2D eigenvalue weighted by molar-refractivity contribution is -0.120. The Hall–Kier alpha value is -2.62. The van der Waals surface area contributed by atoms with Gasteiger partial charge < -0.3 is 4.74 Å². The van der Waals surface area contributed by atoms with Gasteiger partial charge >= 0.3 is 0 Å². The second kappa shape index (κ2) is 7.98. The molecule has 0 bridgehead atoms. The van der Waals surface area contributed by atoms with E-state index in [0.717, 1.165) is 16.9 Å². The number of hydrogen-bond acceptors (Lipinski definition) is 3. The number of hydrazone groups is 1. The third-order valence-corrected chi connectivity index (χ3v) is 2.86. The lowest BCUT2D eigenvalue weighted by atomic mass is 10.1. The van der Waals surface area contributed by atoms with Gasteiger partial charge in [0.05, 0.1) is 18.7 Å². The minimum Gasteiger partial charge on any atom is -0.491 e. The average molecular weight is 296 g/mol. The van der Waals surface area contributed by atoms with Gasteiger partial charge in [0.25, 0.3) is 0 Å². The molecule has 0 aliphatic heterocycles. The number of ether oxygens (including phenoxy) is 1. The van der Waals surface area contributed by atoms with E-state index in [9.17, 15) is 4.79 Å². The lowest BCUT2D eigenvalue weighted by Gasteiger charge is -2.09. The van der Waals surface area contributed by atoms with Gasteiger partial charge in [0.2, 0.25) is 5.91 Å². The average Bonchev–Trinajstić information content (AvgIpc) is 2.49. The number of nitrogens with one attached hydrogen (secondary N) is 1. The van der Waals surface area contributed by atoms with E-state index in [2.05, 4.69) is 10.5 Å². The molecular formula is C18H20N2O2. The molecule has 0 radical (unpaired) electrons. The molecule has 0 heterocycles. The zero-order valence-electron chi connectivity index (χ0n) is 12.8. The van der Waals surface area contributed by atoms with Crippen LogP contribution in [0, 0.1) is 0 Å². The van der Waals surface area contributed by atoms with Crippen LogP contribution >= 0.6 is 0 Å². The molecule has 0 fully saturated rings. The maximum Gasteiger partial charge on any atom is 0.244 e. The summed E-state index contributed by atoms with van der Waals surface area (Å²) in [5, 5.41) is 3.96. The van der Waals surface area contributed by atoms with Gasteiger partial charge in [-0.05, 0) is 49.2 Å². The van der Waals surface area contributed by atoms with Crippen molar-refractivity contribution in [2.24, 2.45) is 5.10 Å². The standard InChI is InChI=1S/C18H20N2O2/c1-14(2)22-17-10-8-16(9-11-17)13-19-20-18(21)12-15-6-4-3-5-7-15/h3-11,13-14H,12H2,1-2H3,(H,20,21)/b19-13+. The highest BCUT2D eigenvalue weighted by atomic mass is 16.5. The van der Waals surface area contributed by atoms with Crippen molar-refractivity contribution in [2.75, 3.05) is 0 Å². The zero-order chi connectivity index (χ0) is 15.8. The smallest absolute Gasteiger partial charge is 0.244 e. The van der Waals surface area contributed by atoms with Crippen LogP contribution in [0.25, 0.3) is 0 Å². The van der Waals surface area contributed by atoms with Crippen molar-refractivity contribution in [3.05, 3.63) is 65.7 Å². The van der Waals surface area contributed by atoms with Crippen LogP contribution in [0.2, 0.25) is 0 Å². The molecule has 1 N–H and O–H groups in total. The molecule has 4 heteroatoms. The van der Waals surface area contributed by atoms with E-state index in [1.807, 2.05) is 68.4 Å². The number of rotatable bonds is 6. The summed E-state index contributed by atoms with van der Waals surface area (Å²) in [7, 11) is 0. The van der Waals surface area contributed by atoms with Gasteiger partial charge in [0, 0.05) is 0 Å². The first-order chi connectivity index (χ1) is 10.6. The Kier molecular flexibility index (Phi) is 5.72. The molecule has 0 unspecified atom stereocenters. The van der Waals surface area contributed by atoms with Crippen molar-refractivity contribution in [1.29, 1.82) is 0 Å². The fraction of sp³-hybridized carbons (Fsp3) is 0.222. The van der Waals surface area contributed by atoms with Crippen molar-refractivity contribution < 1.29 is 9.53 Å². The highest BCUT2D eigenvalue weighted by molar-refractivity contribution is 5.83. The molecule has 0 saturated heterocycles. The first kappa shape index (κ1) is 15.8.